The van der Waals surface area contributed by atoms with Gasteiger partial charge in [0.05, 0.1) is 29.5 Å². The number of ether oxygens (including phenoxy) is 2. The Labute approximate surface area is 213 Å². The Hall–Kier alpha value is -0.750. The summed E-state index contributed by atoms with van der Waals surface area (Å²) in [6, 6.07) is 0. The summed E-state index contributed by atoms with van der Waals surface area (Å²) in [4.78, 5) is 12.8. The van der Waals surface area contributed by atoms with Crippen molar-refractivity contribution < 1.29 is 24.5 Å². The first-order valence-corrected chi connectivity index (χ1v) is 14.0. The molecule has 5 nitrogen and oxygen atoms in total. The van der Waals surface area contributed by atoms with Gasteiger partial charge in [0.1, 0.15) is 5.60 Å². The number of hydrogen-bond acceptors (Lipinski definition) is 5. The molecule has 2 saturated carbocycles. The van der Waals surface area contributed by atoms with Crippen LogP contribution in [0.5, 0.6) is 0 Å². The predicted molar refractivity (Wildman–Crippen MR) is 138 cm³/mol. The third-order valence-electron chi connectivity index (χ3n) is 11.1. The van der Waals surface area contributed by atoms with Crippen molar-refractivity contribution in [2.45, 2.75) is 148 Å². The maximum Gasteiger partial charge on any atom is 0.164 e. The molecule has 4 rings (SSSR count). The Balaban J connectivity index is 1.61. The lowest BCUT2D eigenvalue weighted by molar-refractivity contribution is -0.227. The molecule has 4 aliphatic rings. The van der Waals surface area contributed by atoms with Crippen molar-refractivity contribution in [2.75, 3.05) is 0 Å². The van der Waals surface area contributed by atoms with Gasteiger partial charge < -0.3 is 19.7 Å². The van der Waals surface area contributed by atoms with Crippen molar-refractivity contribution in [1.29, 1.82) is 0 Å². The third kappa shape index (κ3) is 4.36. The first-order chi connectivity index (χ1) is 16.1. The van der Waals surface area contributed by atoms with Crippen LogP contribution in [0, 0.1) is 22.7 Å². The average molecular weight is 491 g/mol. The molecular weight excluding hydrogens is 440 g/mol. The van der Waals surface area contributed by atoms with Gasteiger partial charge in [-0.05, 0) is 97.3 Å². The Morgan fingerprint density at radius 2 is 1.63 bits per heavy atom. The monoisotopic (exact) mass is 490 g/mol. The molecule has 0 radical (unpaired) electrons. The fraction of sp³-hybridized carbons (Fsp3) is 0.900. The second-order valence-electron chi connectivity index (χ2n) is 13.9. The first-order valence-electron chi connectivity index (χ1n) is 14.0. The second-order valence-corrected chi connectivity index (χ2v) is 13.9. The Morgan fingerprint density at radius 1 is 0.943 bits per heavy atom. The van der Waals surface area contributed by atoms with Crippen LogP contribution in [0.2, 0.25) is 0 Å². The van der Waals surface area contributed by atoms with Gasteiger partial charge in [-0.2, -0.15) is 0 Å². The quantitative estimate of drug-likeness (QED) is 0.493. The van der Waals surface area contributed by atoms with Crippen molar-refractivity contribution in [3.63, 3.8) is 0 Å². The van der Waals surface area contributed by atoms with E-state index in [9.17, 15) is 15.0 Å². The molecule has 2 heterocycles. The molecule has 2 N–H and O–H groups in total. The highest BCUT2D eigenvalue weighted by molar-refractivity contribution is 5.86. The Bertz CT molecular complexity index is 848. The molecule has 8 atom stereocenters. The van der Waals surface area contributed by atoms with Crippen LogP contribution in [-0.2, 0) is 14.3 Å². The first kappa shape index (κ1) is 27.3. The van der Waals surface area contributed by atoms with E-state index < -0.39 is 28.3 Å². The van der Waals surface area contributed by atoms with Gasteiger partial charge in [0.25, 0.3) is 0 Å². The van der Waals surface area contributed by atoms with Crippen molar-refractivity contribution in [2.24, 2.45) is 22.7 Å². The molecule has 0 aromatic heterocycles. The lowest BCUT2D eigenvalue weighted by Crippen LogP contribution is -2.61. The number of fused-ring (bicyclic) bond motifs is 2. The van der Waals surface area contributed by atoms with Crippen LogP contribution < -0.4 is 0 Å². The normalized spacial score (nSPS) is 47.9. The topological polar surface area (TPSA) is 76.0 Å². The van der Waals surface area contributed by atoms with Gasteiger partial charge in [-0.15, -0.1) is 0 Å². The van der Waals surface area contributed by atoms with Crippen molar-refractivity contribution >= 4 is 5.78 Å². The van der Waals surface area contributed by atoms with Gasteiger partial charge in [0.2, 0.25) is 0 Å². The van der Waals surface area contributed by atoms with Crippen LogP contribution in [0.4, 0.5) is 0 Å². The maximum absolute atomic E-state index is 12.8. The molecule has 4 fully saturated rings. The zero-order chi connectivity index (χ0) is 26.0. The lowest BCUT2D eigenvalue weighted by atomic mass is 9.53. The van der Waals surface area contributed by atoms with Crippen LogP contribution >= 0.6 is 0 Å². The van der Waals surface area contributed by atoms with E-state index in [-0.39, 0.29) is 35.2 Å². The van der Waals surface area contributed by atoms with Crippen LogP contribution in [0.1, 0.15) is 113 Å². The van der Waals surface area contributed by atoms with Gasteiger partial charge in [0, 0.05) is 17.3 Å². The number of carbonyl (C=O) groups excluding carboxylic acids is 1. The van der Waals surface area contributed by atoms with Crippen LogP contribution in [0.15, 0.2) is 12.2 Å². The minimum atomic E-state index is -0.912. The minimum absolute atomic E-state index is 0.0755. The summed E-state index contributed by atoms with van der Waals surface area (Å²) >= 11 is 0. The molecule has 0 amide bonds. The standard InChI is InChI=1S/C30H50O5/c1-19-9-11-24-28(7,16-14-22(31)26(3,4)34-24)21(19)13-18-30(33)20(2)10-12-25-29(30,8)17-15-23(32)27(5,6)35-25/h20-22,24-25,31,33H,1,9-18H2,2-8H3/t20-,21+,22-,24-,25-,28-,29+,30-/m1/s1. The maximum atomic E-state index is 12.8. The van der Waals surface area contributed by atoms with Crippen molar-refractivity contribution in [3.05, 3.63) is 12.2 Å². The number of rotatable bonds is 3. The molecule has 0 unspecified atom stereocenters. The molecule has 0 bridgehead atoms. The molecule has 35 heavy (non-hydrogen) atoms. The van der Waals surface area contributed by atoms with E-state index in [1.54, 1.807) is 0 Å². The number of aliphatic hydroxyl groups excluding tert-OH is 1. The highest BCUT2D eigenvalue weighted by Crippen LogP contribution is 2.58. The summed E-state index contributed by atoms with van der Waals surface area (Å²) in [6.45, 7) is 18.9. The molecular formula is C30H50O5. The second kappa shape index (κ2) is 8.92. The third-order valence-corrected chi connectivity index (χ3v) is 11.1. The van der Waals surface area contributed by atoms with Gasteiger partial charge >= 0.3 is 0 Å². The summed E-state index contributed by atoms with van der Waals surface area (Å²) in [6.07, 6.45) is 7.34. The summed E-state index contributed by atoms with van der Waals surface area (Å²) in [5, 5.41) is 23.2. The number of carbonyl (C=O) groups is 1. The number of allylic oxidation sites excluding steroid dienone is 1. The van der Waals surface area contributed by atoms with Crippen LogP contribution in [0.25, 0.3) is 0 Å². The Morgan fingerprint density at radius 3 is 2.31 bits per heavy atom. The fourth-order valence-corrected chi connectivity index (χ4v) is 8.17. The van der Waals surface area contributed by atoms with E-state index in [1.807, 2.05) is 27.7 Å². The smallest absolute Gasteiger partial charge is 0.164 e. The highest BCUT2D eigenvalue weighted by atomic mass is 16.5. The molecule has 2 aliphatic heterocycles. The zero-order valence-corrected chi connectivity index (χ0v) is 23.3. The summed E-state index contributed by atoms with van der Waals surface area (Å²) < 4.78 is 13.0. The van der Waals surface area contributed by atoms with E-state index >= 15 is 0 Å². The molecule has 2 saturated heterocycles. The molecule has 200 valence electrons. The summed E-state index contributed by atoms with van der Waals surface area (Å²) in [5.74, 6) is 0.499. The number of Topliss-reactive ketones (excluding diaryl/α,β-unsaturated/α-hetero) is 1. The number of aliphatic hydroxyl groups is 2. The Kier molecular flexibility index (Phi) is 6.96. The minimum Gasteiger partial charge on any atom is -0.390 e. The van der Waals surface area contributed by atoms with Crippen molar-refractivity contribution in [1.82, 2.24) is 0 Å². The molecule has 0 spiro atoms. The van der Waals surface area contributed by atoms with Gasteiger partial charge in [-0.25, -0.2) is 0 Å². The largest absolute Gasteiger partial charge is 0.390 e. The zero-order valence-electron chi connectivity index (χ0n) is 23.3. The molecule has 5 heteroatoms. The molecule has 0 aromatic rings. The van der Waals surface area contributed by atoms with E-state index in [4.69, 9.17) is 9.47 Å². The predicted octanol–water partition coefficient (Wildman–Crippen LogP) is 5.75. The van der Waals surface area contributed by atoms with E-state index in [0.29, 0.717) is 19.3 Å². The van der Waals surface area contributed by atoms with Gasteiger partial charge in [-0.1, -0.05) is 32.9 Å². The fourth-order valence-electron chi connectivity index (χ4n) is 8.17. The highest BCUT2D eigenvalue weighted by Gasteiger charge is 2.60. The van der Waals surface area contributed by atoms with Gasteiger partial charge in [-0.3, -0.25) is 4.79 Å². The van der Waals surface area contributed by atoms with Crippen LogP contribution in [-0.4, -0.2) is 51.1 Å². The average Bonchev–Trinajstić information content (AvgIpc) is 2.92. The summed E-state index contributed by atoms with van der Waals surface area (Å²) in [7, 11) is 0. The number of hydrogen-bond donors (Lipinski definition) is 2. The molecule has 0 aromatic carbocycles. The van der Waals surface area contributed by atoms with Crippen LogP contribution in [0.3, 0.4) is 0 Å². The van der Waals surface area contributed by atoms with Crippen molar-refractivity contribution in [3.8, 4) is 0 Å². The SMILES string of the molecule is C=C1CC[C@H]2OC(C)(C)[C@H](O)CC[C@]2(C)[C@H]1CC[C@@]1(O)[C@H](C)CC[C@H]2OC(C)(C)C(=O)CC[C@@]21C. The summed E-state index contributed by atoms with van der Waals surface area (Å²) in [5.41, 5.74) is -1.60. The van der Waals surface area contributed by atoms with E-state index in [2.05, 4.69) is 27.4 Å². The van der Waals surface area contributed by atoms with Gasteiger partial charge in [0.15, 0.2) is 5.78 Å². The van der Waals surface area contributed by atoms with E-state index in [0.717, 1.165) is 44.9 Å². The number of ketones is 1. The van der Waals surface area contributed by atoms with E-state index in [1.165, 1.54) is 5.57 Å². The molecule has 2 aliphatic carbocycles. The lowest BCUT2D eigenvalue weighted by Gasteiger charge is -2.57.